The zero-order valence-electron chi connectivity index (χ0n) is 14.8. The monoisotopic (exact) mass is 392 g/mol. The van der Waals surface area contributed by atoms with E-state index in [9.17, 15) is 19.7 Å². The van der Waals surface area contributed by atoms with Crippen LogP contribution in [-0.4, -0.2) is 52.9 Å². The van der Waals surface area contributed by atoms with Crippen LogP contribution in [0, 0.1) is 16.0 Å². The summed E-state index contributed by atoms with van der Waals surface area (Å²) >= 11 is 1.19. The lowest BCUT2D eigenvalue weighted by Crippen LogP contribution is -2.43. The van der Waals surface area contributed by atoms with E-state index in [0.717, 1.165) is 19.4 Å². The van der Waals surface area contributed by atoms with Crippen LogP contribution in [-0.2, 0) is 14.3 Å². The number of carbonyl (C=O) groups excluding carboxylic acids is 2. The van der Waals surface area contributed by atoms with Gasteiger partial charge in [0, 0.05) is 18.7 Å². The average molecular weight is 392 g/mol. The lowest BCUT2D eigenvalue weighted by molar-refractivity contribution is -0.384. The predicted octanol–water partition coefficient (Wildman–Crippen LogP) is 2.42. The van der Waals surface area contributed by atoms with Crippen LogP contribution in [0.15, 0.2) is 18.2 Å². The van der Waals surface area contributed by atoms with E-state index in [1.165, 1.54) is 23.5 Å². The fourth-order valence-electron chi connectivity index (χ4n) is 3.09. The van der Waals surface area contributed by atoms with Crippen LogP contribution in [0.5, 0.6) is 0 Å². The van der Waals surface area contributed by atoms with Gasteiger partial charge < -0.3 is 10.1 Å². The van der Waals surface area contributed by atoms with Gasteiger partial charge in [0.25, 0.3) is 5.69 Å². The van der Waals surface area contributed by atoms with Gasteiger partial charge >= 0.3 is 5.97 Å². The largest absolute Gasteiger partial charge is 0.466 e. The van der Waals surface area contributed by atoms with E-state index in [2.05, 4.69) is 10.3 Å². The minimum absolute atomic E-state index is 0.0117. The number of aromatic nitrogens is 1. The summed E-state index contributed by atoms with van der Waals surface area (Å²) in [5.41, 5.74) is 0.587. The van der Waals surface area contributed by atoms with Crippen molar-refractivity contribution >= 4 is 44.2 Å². The van der Waals surface area contributed by atoms with Gasteiger partial charge in [0.2, 0.25) is 5.91 Å². The van der Waals surface area contributed by atoms with Crippen molar-refractivity contribution in [2.24, 2.45) is 5.92 Å². The number of nitro benzene ring substituents is 1. The maximum absolute atomic E-state index is 12.3. The van der Waals surface area contributed by atoms with E-state index in [1.807, 2.05) is 4.90 Å². The number of nitrogens with zero attached hydrogens (tertiary/aromatic N) is 3. The number of anilines is 1. The minimum atomic E-state index is -0.465. The second kappa shape index (κ2) is 8.40. The van der Waals surface area contributed by atoms with Gasteiger partial charge in [0.1, 0.15) is 0 Å². The first-order valence-electron chi connectivity index (χ1n) is 8.70. The molecule has 0 bridgehead atoms. The van der Waals surface area contributed by atoms with Crippen molar-refractivity contribution in [1.29, 1.82) is 0 Å². The third-order valence-corrected chi connectivity index (χ3v) is 5.26. The maximum Gasteiger partial charge on any atom is 0.310 e. The lowest BCUT2D eigenvalue weighted by atomic mass is 9.98. The van der Waals surface area contributed by atoms with E-state index in [4.69, 9.17) is 4.74 Å². The van der Waals surface area contributed by atoms with Crippen molar-refractivity contribution in [3.05, 3.63) is 28.3 Å². The highest BCUT2D eigenvalue weighted by atomic mass is 32.1. The van der Waals surface area contributed by atoms with Crippen molar-refractivity contribution in [2.45, 2.75) is 19.8 Å². The fourth-order valence-corrected chi connectivity index (χ4v) is 4.01. The molecule has 1 atom stereocenters. The molecule has 1 aliphatic heterocycles. The Hall–Kier alpha value is -2.59. The molecule has 27 heavy (non-hydrogen) atoms. The molecule has 1 amide bonds. The maximum atomic E-state index is 12.3. The van der Waals surface area contributed by atoms with Gasteiger partial charge in [-0.25, -0.2) is 4.98 Å². The van der Waals surface area contributed by atoms with Crippen LogP contribution in [0.1, 0.15) is 19.8 Å². The Labute approximate surface area is 159 Å². The molecule has 1 saturated heterocycles. The molecule has 1 aromatic carbocycles. The minimum Gasteiger partial charge on any atom is -0.466 e. The molecule has 10 heteroatoms. The zero-order chi connectivity index (χ0) is 19.4. The normalized spacial score (nSPS) is 17.6. The Morgan fingerprint density at radius 2 is 2.30 bits per heavy atom. The van der Waals surface area contributed by atoms with Crippen molar-refractivity contribution in [3.8, 4) is 0 Å². The number of rotatable bonds is 6. The number of nitro groups is 1. The first kappa shape index (κ1) is 19.2. The quantitative estimate of drug-likeness (QED) is 0.456. The van der Waals surface area contributed by atoms with Crippen LogP contribution in [0.3, 0.4) is 0 Å². The number of amides is 1. The van der Waals surface area contributed by atoms with Crippen LogP contribution in [0.4, 0.5) is 10.8 Å². The fraction of sp³-hybridized carbons (Fsp3) is 0.471. The standard InChI is InChI=1S/C17H20N4O5S/c1-2-26-16(23)11-4-3-7-20(9-11)10-15(22)19-17-18-13-6-5-12(21(24)25)8-14(13)27-17/h5-6,8,11H,2-4,7,9-10H2,1H3,(H,18,19,22). The molecule has 1 unspecified atom stereocenters. The summed E-state index contributed by atoms with van der Waals surface area (Å²) in [7, 11) is 0. The third kappa shape index (κ3) is 4.77. The number of ether oxygens (including phenoxy) is 1. The van der Waals surface area contributed by atoms with Crippen LogP contribution in [0.25, 0.3) is 10.2 Å². The summed E-state index contributed by atoms with van der Waals surface area (Å²) in [5, 5.41) is 14.0. The molecule has 2 heterocycles. The number of carbonyl (C=O) groups is 2. The number of thiazole rings is 1. The van der Waals surface area contributed by atoms with E-state index >= 15 is 0 Å². The number of benzene rings is 1. The van der Waals surface area contributed by atoms with Crippen LogP contribution >= 0.6 is 11.3 Å². The molecule has 0 spiro atoms. The number of likely N-dealkylation sites (tertiary alicyclic amines) is 1. The summed E-state index contributed by atoms with van der Waals surface area (Å²) in [6.07, 6.45) is 1.61. The highest BCUT2D eigenvalue weighted by molar-refractivity contribution is 7.22. The molecule has 3 rings (SSSR count). The third-order valence-electron chi connectivity index (χ3n) is 4.32. The van der Waals surface area contributed by atoms with Crippen molar-refractivity contribution in [1.82, 2.24) is 9.88 Å². The SMILES string of the molecule is CCOC(=O)C1CCCN(CC(=O)Nc2nc3ccc([N+](=O)[O-])cc3s2)C1. The van der Waals surface area contributed by atoms with Crippen LogP contribution in [0.2, 0.25) is 0 Å². The Kier molecular flexibility index (Phi) is 5.97. The summed E-state index contributed by atoms with van der Waals surface area (Å²) in [6, 6.07) is 4.39. The second-order valence-electron chi connectivity index (χ2n) is 6.30. The number of fused-ring (bicyclic) bond motifs is 1. The Morgan fingerprint density at radius 1 is 1.48 bits per heavy atom. The summed E-state index contributed by atoms with van der Waals surface area (Å²) < 4.78 is 5.71. The highest BCUT2D eigenvalue weighted by Gasteiger charge is 2.27. The topological polar surface area (TPSA) is 115 Å². The van der Waals surface area contributed by atoms with Crippen molar-refractivity contribution in [3.63, 3.8) is 0 Å². The number of hydrogen-bond donors (Lipinski definition) is 1. The van der Waals surface area contributed by atoms with Gasteiger partial charge in [-0.1, -0.05) is 11.3 Å². The molecule has 1 fully saturated rings. The number of esters is 1. The Bertz CT molecular complexity index is 868. The summed E-state index contributed by atoms with van der Waals surface area (Å²) in [6.45, 7) is 3.53. The van der Waals surface area contributed by atoms with Crippen molar-refractivity contribution < 1.29 is 19.2 Å². The molecule has 1 aliphatic rings. The molecule has 1 N–H and O–H groups in total. The smallest absolute Gasteiger partial charge is 0.310 e. The van der Waals surface area contributed by atoms with Gasteiger partial charge in [-0.2, -0.15) is 0 Å². The van der Waals surface area contributed by atoms with Gasteiger partial charge in [-0.05, 0) is 32.4 Å². The van der Waals surface area contributed by atoms with E-state index in [0.29, 0.717) is 28.5 Å². The molecule has 0 saturated carbocycles. The highest BCUT2D eigenvalue weighted by Crippen LogP contribution is 2.29. The van der Waals surface area contributed by atoms with Gasteiger partial charge in [-0.15, -0.1) is 0 Å². The van der Waals surface area contributed by atoms with E-state index in [-0.39, 0.29) is 30.0 Å². The zero-order valence-corrected chi connectivity index (χ0v) is 15.7. The first-order chi connectivity index (χ1) is 13.0. The number of nitrogens with one attached hydrogen (secondary N) is 1. The number of hydrogen-bond acceptors (Lipinski definition) is 8. The molecular formula is C17H20N4O5S. The summed E-state index contributed by atoms with van der Waals surface area (Å²) in [5.74, 6) is -0.641. The molecule has 0 radical (unpaired) electrons. The lowest BCUT2D eigenvalue weighted by Gasteiger charge is -2.30. The van der Waals surface area contributed by atoms with Gasteiger partial charge in [0.05, 0.1) is 34.2 Å². The Balaban J connectivity index is 1.59. The van der Waals surface area contributed by atoms with E-state index < -0.39 is 4.92 Å². The molecule has 1 aromatic heterocycles. The van der Waals surface area contributed by atoms with Gasteiger partial charge in [0.15, 0.2) is 5.13 Å². The molecule has 2 aromatic rings. The number of piperidine rings is 1. The first-order valence-corrected chi connectivity index (χ1v) is 9.51. The van der Waals surface area contributed by atoms with Gasteiger partial charge in [-0.3, -0.25) is 24.6 Å². The molecule has 144 valence electrons. The molecule has 0 aliphatic carbocycles. The average Bonchev–Trinajstić information content (AvgIpc) is 3.03. The molecule has 9 nitrogen and oxygen atoms in total. The van der Waals surface area contributed by atoms with Crippen molar-refractivity contribution in [2.75, 3.05) is 31.6 Å². The van der Waals surface area contributed by atoms with E-state index in [1.54, 1.807) is 13.0 Å². The molecular weight excluding hydrogens is 372 g/mol. The van der Waals surface area contributed by atoms with Crippen LogP contribution < -0.4 is 5.32 Å². The predicted molar refractivity (Wildman–Crippen MR) is 101 cm³/mol. The summed E-state index contributed by atoms with van der Waals surface area (Å²) in [4.78, 5) is 40.8. The number of non-ortho nitro benzene ring substituents is 1. The second-order valence-corrected chi connectivity index (χ2v) is 7.33. The Morgan fingerprint density at radius 3 is 3.04 bits per heavy atom.